The fourth-order valence-electron chi connectivity index (χ4n) is 0.638. The van der Waals surface area contributed by atoms with E-state index in [4.69, 9.17) is 5.84 Å². The van der Waals surface area contributed by atoms with Gasteiger partial charge in [-0.1, -0.05) is 0 Å². The second-order valence-corrected chi connectivity index (χ2v) is 1.82. The fourth-order valence-corrected chi connectivity index (χ4v) is 0.638. The van der Waals surface area contributed by atoms with E-state index in [1.807, 2.05) is 5.43 Å². The number of hydrogen-bond acceptors (Lipinski definition) is 4. The highest BCUT2D eigenvalue weighted by molar-refractivity contribution is 5.92. The molecule has 1 amide bonds. The zero-order valence-corrected chi connectivity index (χ0v) is 5.37. The van der Waals surface area contributed by atoms with Gasteiger partial charge < -0.3 is 0 Å². The largest absolute Gasteiger partial charge is 0.289 e. The lowest BCUT2D eigenvalue weighted by Gasteiger charge is -2.01. The monoisotopic (exact) mass is 140 g/mol. The Morgan fingerprint density at radius 2 is 2.60 bits per heavy atom. The molecule has 0 saturated heterocycles. The van der Waals surface area contributed by atoms with Crippen LogP contribution in [0, 0.1) is 0 Å². The molecule has 3 N–H and O–H groups in total. The average molecular weight is 140 g/mol. The first-order valence-electron chi connectivity index (χ1n) is 2.93. The van der Waals surface area contributed by atoms with Crippen molar-refractivity contribution in [1.82, 2.24) is 5.43 Å². The van der Waals surface area contributed by atoms with Gasteiger partial charge in [-0.15, -0.1) is 0 Å². The Balaban J connectivity index is 2.63. The van der Waals surface area contributed by atoms with Gasteiger partial charge in [0, 0.05) is 0 Å². The summed E-state index contributed by atoms with van der Waals surface area (Å²) in [6.07, 6.45) is 2.46. The summed E-state index contributed by atoms with van der Waals surface area (Å²) in [5.74, 6) is 4.48. The summed E-state index contributed by atoms with van der Waals surface area (Å²) in [6.45, 7) is 0.654. The number of nitrogens with one attached hydrogen (secondary N) is 1. The van der Waals surface area contributed by atoms with E-state index in [9.17, 15) is 4.79 Å². The first-order valence-corrected chi connectivity index (χ1v) is 2.93. The van der Waals surface area contributed by atoms with Gasteiger partial charge in [-0.3, -0.25) is 10.2 Å². The van der Waals surface area contributed by atoms with Crippen LogP contribution in [0.2, 0.25) is 0 Å². The number of nitrogens with two attached hydrogens (primary N) is 1. The Morgan fingerprint density at radius 3 is 3.10 bits per heavy atom. The van der Waals surface area contributed by atoms with Gasteiger partial charge in [-0.25, -0.2) is 5.84 Å². The standard InChI is InChI=1S/C5H8N4O/c6-8-5(10)4-2-1-3-7-9-4/h2H,1,3,6H2,(H,8,10). The normalized spacial score (nSPS) is 16.3. The van der Waals surface area contributed by atoms with Gasteiger partial charge in [0.15, 0.2) is 0 Å². The highest BCUT2D eigenvalue weighted by atomic mass is 16.2. The highest BCUT2D eigenvalue weighted by Gasteiger charge is 2.07. The number of nitrogens with zero attached hydrogens (tertiary/aromatic N) is 2. The molecule has 0 aromatic rings. The van der Waals surface area contributed by atoms with Crippen LogP contribution in [0.5, 0.6) is 0 Å². The van der Waals surface area contributed by atoms with Gasteiger partial charge >= 0.3 is 0 Å². The molecule has 0 atom stereocenters. The molecule has 0 bridgehead atoms. The van der Waals surface area contributed by atoms with Crippen molar-refractivity contribution in [2.75, 3.05) is 6.54 Å². The van der Waals surface area contributed by atoms with Crippen molar-refractivity contribution < 1.29 is 4.79 Å². The zero-order valence-electron chi connectivity index (χ0n) is 5.37. The van der Waals surface area contributed by atoms with Gasteiger partial charge in [-0.05, 0) is 12.5 Å². The minimum Gasteiger partial charge on any atom is -0.289 e. The molecule has 0 aromatic heterocycles. The SMILES string of the molecule is NNC(=O)C1=CCCN=N1. The Labute approximate surface area is 58.0 Å². The van der Waals surface area contributed by atoms with Gasteiger partial charge in [0.05, 0.1) is 6.54 Å². The lowest BCUT2D eigenvalue weighted by atomic mass is 10.3. The van der Waals surface area contributed by atoms with E-state index in [2.05, 4.69) is 10.2 Å². The average Bonchev–Trinajstić information content (AvgIpc) is 2.05. The molecule has 54 valence electrons. The van der Waals surface area contributed by atoms with Crippen molar-refractivity contribution in [3.8, 4) is 0 Å². The smallest absolute Gasteiger partial charge is 0.285 e. The van der Waals surface area contributed by atoms with Crippen molar-refractivity contribution in [2.45, 2.75) is 6.42 Å². The summed E-state index contributed by atoms with van der Waals surface area (Å²) in [4.78, 5) is 10.7. The Hall–Kier alpha value is -1.23. The minimum absolute atomic E-state index is 0.300. The van der Waals surface area contributed by atoms with Crippen LogP contribution in [-0.2, 0) is 4.79 Å². The highest BCUT2D eigenvalue weighted by Crippen LogP contribution is 2.05. The van der Waals surface area contributed by atoms with Crippen molar-refractivity contribution in [2.24, 2.45) is 16.1 Å². The third-order valence-corrected chi connectivity index (χ3v) is 1.11. The summed E-state index contributed by atoms with van der Waals surface area (Å²) in [6, 6.07) is 0. The first kappa shape index (κ1) is 6.88. The molecule has 0 radical (unpaired) electrons. The fraction of sp³-hybridized carbons (Fsp3) is 0.400. The maximum absolute atomic E-state index is 10.7. The van der Waals surface area contributed by atoms with Crippen LogP contribution < -0.4 is 11.3 Å². The lowest BCUT2D eigenvalue weighted by molar-refractivity contribution is -0.117. The number of amides is 1. The number of carbonyl (C=O) groups excluding carboxylic acids is 1. The van der Waals surface area contributed by atoms with Gasteiger partial charge in [0.25, 0.3) is 5.91 Å². The summed E-state index contributed by atoms with van der Waals surface area (Å²) in [5.41, 5.74) is 2.27. The molecule has 0 aliphatic carbocycles. The second kappa shape index (κ2) is 3.07. The third-order valence-electron chi connectivity index (χ3n) is 1.11. The predicted octanol–water partition coefficient (Wildman–Crippen LogP) is -0.284. The lowest BCUT2D eigenvalue weighted by Crippen LogP contribution is -2.31. The molecule has 1 aliphatic rings. The number of rotatable bonds is 1. The van der Waals surface area contributed by atoms with Gasteiger partial charge in [-0.2, -0.15) is 10.2 Å². The maximum Gasteiger partial charge on any atom is 0.285 e. The molecule has 0 aromatic carbocycles. The molecule has 0 spiro atoms. The topological polar surface area (TPSA) is 79.8 Å². The minimum atomic E-state index is -0.386. The zero-order chi connectivity index (χ0) is 7.40. The molecule has 1 heterocycles. The van der Waals surface area contributed by atoms with Crippen molar-refractivity contribution >= 4 is 5.91 Å². The Bertz CT molecular complexity index is 196. The van der Waals surface area contributed by atoms with Gasteiger partial charge in [0.2, 0.25) is 0 Å². The van der Waals surface area contributed by atoms with Crippen LogP contribution in [0.1, 0.15) is 6.42 Å². The molecular formula is C5H8N4O. The van der Waals surface area contributed by atoms with Crippen LogP contribution >= 0.6 is 0 Å². The molecule has 5 nitrogen and oxygen atoms in total. The van der Waals surface area contributed by atoms with E-state index < -0.39 is 0 Å². The van der Waals surface area contributed by atoms with E-state index in [0.717, 1.165) is 6.42 Å². The van der Waals surface area contributed by atoms with E-state index in [1.54, 1.807) is 6.08 Å². The Morgan fingerprint density at radius 1 is 1.80 bits per heavy atom. The van der Waals surface area contributed by atoms with Gasteiger partial charge in [0.1, 0.15) is 5.70 Å². The van der Waals surface area contributed by atoms with Crippen LogP contribution in [0.15, 0.2) is 22.0 Å². The molecule has 0 fully saturated rings. The summed E-state index contributed by atoms with van der Waals surface area (Å²) in [7, 11) is 0. The molecule has 5 heteroatoms. The van der Waals surface area contributed by atoms with Crippen molar-refractivity contribution in [1.29, 1.82) is 0 Å². The number of carbonyl (C=O) groups is 1. The van der Waals surface area contributed by atoms with Crippen LogP contribution in [0.25, 0.3) is 0 Å². The van der Waals surface area contributed by atoms with E-state index in [1.165, 1.54) is 0 Å². The van der Waals surface area contributed by atoms with Crippen LogP contribution in [0.4, 0.5) is 0 Å². The van der Waals surface area contributed by atoms with E-state index in [0.29, 0.717) is 12.2 Å². The summed E-state index contributed by atoms with van der Waals surface area (Å²) >= 11 is 0. The number of azo groups is 1. The molecule has 0 unspecified atom stereocenters. The second-order valence-electron chi connectivity index (χ2n) is 1.82. The maximum atomic E-state index is 10.7. The molecule has 1 rings (SSSR count). The van der Waals surface area contributed by atoms with Crippen LogP contribution in [-0.4, -0.2) is 12.5 Å². The van der Waals surface area contributed by atoms with Crippen molar-refractivity contribution in [3.63, 3.8) is 0 Å². The van der Waals surface area contributed by atoms with Crippen molar-refractivity contribution in [3.05, 3.63) is 11.8 Å². The molecule has 1 aliphatic heterocycles. The summed E-state index contributed by atoms with van der Waals surface area (Å²) in [5, 5.41) is 7.26. The first-order chi connectivity index (χ1) is 4.84. The number of hydrazine groups is 1. The van der Waals surface area contributed by atoms with Crippen LogP contribution in [0.3, 0.4) is 0 Å². The van der Waals surface area contributed by atoms with E-state index >= 15 is 0 Å². The molecular weight excluding hydrogens is 132 g/mol. The Kier molecular flexibility index (Phi) is 2.11. The molecule has 0 saturated carbocycles. The summed E-state index contributed by atoms with van der Waals surface area (Å²) < 4.78 is 0. The predicted molar refractivity (Wildman–Crippen MR) is 34.8 cm³/mol. The number of hydrogen-bond donors (Lipinski definition) is 2. The van der Waals surface area contributed by atoms with E-state index in [-0.39, 0.29) is 5.91 Å². The molecule has 10 heavy (non-hydrogen) atoms. The third kappa shape index (κ3) is 1.38. The quantitative estimate of drug-likeness (QED) is 0.298.